The van der Waals surface area contributed by atoms with E-state index in [1.54, 1.807) is 0 Å². The molecule has 0 saturated carbocycles. The Balaban J connectivity index is 2.02. The molecule has 1 N–H and O–H groups in total. The summed E-state index contributed by atoms with van der Waals surface area (Å²) in [7, 11) is 0. The molecule has 2 rings (SSSR count). The third kappa shape index (κ3) is 2.42. The summed E-state index contributed by atoms with van der Waals surface area (Å²) in [4.78, 5) is 13.5. The monoisotopic (exact) mass is 219 g/mol. The van der Waals surface area contributed by atoms with Crippen LogP contribution in [0.4, 0.5) is 0 Å². The van der Waals surface area contributed by atoms with Gasteiger partial charge in [0.1, 0.15) is 0 Å². The van der Waals surface area contributed by atoms with Crippen LogP contribution in [0.15, 0.2) is 30.3 Å². The van der Waals surface area contributed by atoms with E-state index in [2.05, 4.69) is 0 Å². The third-order valence-corrected chi connectivity index (χ3v) is 3.12. The van der Waals surface area contributed by atoms with Crippen molar-refractivity contribution in [1.82, 2.24) is 4.90 Å². The maximum Gasteiger partial charge on any atom is 0.225 e. The molecule has 1 aliphatic heterocycles. The van der Waals surface area contributed by atoms with Crippen molar-refractivity contribution in [2.24, 2.45) is 5.92 Å². The van der Waals surface area contributed by atoms with Crippen LogP contribution in [0.3, 0.4) is 0 Å². The van der Waals surface area contributed by atoms with Gasteiger partial charge in [0.25, 0.3) is 0 Å². The first-order valence-corrected chi connectivity index (χ1v) is 5.66. The van der Waals surface area contributed by atoms with Gasteiger partial charge < -0.3 is 10.0 Å². The smallest absolute Gasteiger partial charge is 0.225 e. The molecule has 0 aromatic heterocycles. The zero-order valence-corrected chi connectivity index (χ0v) is 9.47. The van der Waals surface area contributed by atoms with Crippen molar-refractivity contribution in [1.29, 1.82) is 0 Å². The van der Waals surface area contributed by atoms with Gasteiger partial charge in [-0.2, -0.15) is 0 Å². The molecule has 0 unspecified atom stereocenters. The fourth-order valence-electron chi connectivity index (χ4n) is 2.04. The summed E-state index contributed by atoms with van der Waals surface area (Å²) in [6, 6.07) is 9.95. The average molecular weight is 219 g/mol. The van der Waals surface area contributed by atoms with Crippen LogP contribution < -0.4 is 0 Å². The highest BCUT2D eigenvalue weighted by atomic mass is 16.3. The van der Waals surface area contributed by atoms with Gasteiger partial charge in [0.05, 0.1) is 12.5 Å². The lowest BCUT2D eigenvalue weighted by Crippen LogP contribution is -2.45. The van der Waals surface area contributed by atoms with E-state index >= 15 is 0 Å². The minimum absolute atomic E-state index is 0.0504. The molecule has 1 saturated heterocycles. The average Bonchev–Trinajstić information content (AvgIpc) is 2.27. The number of benzene rings is 1. The Labute approximate surface area is 95.7 Å². The second-order valence-corrected chi connectivity index (χ2v) is 4.51. The van der Waals surface area contributed by atoms with E-state index in [9.17, 15) is 9.90 Å². The lowest BCUT2D eigenvalue weighted by Gasteiger charge is -2.34. The number of aliphatic hydroxyl groups is 1. The summed E-state index contributed by atoms with van der Waals surface area (Å²) in [5.74, 6) is 0.218. The number of likely N-dealkylation sites (tertiary alicyclic amines) is 1. The summed E-state index contributed by atoms with van der Waals surface area (Å²) in [5, 5.41) is 9.58. The molecule has 0 radical (unpaired) electrons. The molecule has 3 nitrogen and oxygen atoms in total. The van der Waals surface area contributed by atoms with Crippen LogP contribution in [0.5, 0.6) is 0 Å². The highest BCUT2D eigenvalue weighted by molar-refractivity contribution is 5.77. The Morgan fingerprint density at radius 3 is 2.75 bits per heavy atom. The predicted molar refractivity (Wildman–Crippen MR) is 61.6 cm³/mol. The number of rotatable bonds is 2. The molecule has 1 aromatic carbocycles. The maximum atomic E-state index is 11.7. The Morgan fingerprint density at radius 1 is 1.38 bits per heavy atom. The van der Waals surface area contributed by atoms with Crippen molar-refractivity contribution >= 4 is 5.91 Å². The van der Waals surface area contributed by atoms with Crippen LogP contribution >= 0.6 is 0 Å². The first-order chi connectivity index (χ1) is 7.66. The molecule has 1 amide bonds. The van der Waals surface area contributed by atoms with E-state index in [4.69, 9.17) is 0 Å². The Morgan fingerprint density at radius 2 is 2.06 bits per heavy atom. The molecular formula is C13H17NO2. The number of hydrogen-bond donors (Lipinski definition) is 1. The zero-order valence-electron chi connectivity index (χ0n) is 9.47. The fraction of sp³-hybridized carbons (Fsp3) is 0.462. The lowest BCUT2D eigenvalue weighted by atomic mass is 9.96. The number of piperidine rings is 1. The number of hydrogen-bond acceptors (Lipinski definition) is 2. The second kappa shape index (κ2) is 4.66. The molecule has 0 spiro atoms. The number of aliphatic hydroxyl groups excluding tert-OH is 1. The molecule has 2 atom stereocenters. The molecule has 0 bridgehead atoms. The minimum atomic E-state index is -0.473. The lowest BCUT2D eigenvalue weighted by molar-refractivity contribution is -0.140. The van der Waals surface area contributed by atoms with Crippen LogP contribution in [0.2, 0.25) is 0 Å². The van der Waals surface area contributed by atoms with E-state index in [1.165, 1.54) is 0 Å². The summed E-state index contributed by atoms with van der Waals surface area (Å²) >= 11 is 0. The molecule has 86 valence electrons. The van der Waals surface area contributed by atoms with Gasteiger partial charge in [-0.3, -0.25) is 4.79 Å². The van der Waals surface area contributed by atoms with Crippen molar-refractivity contribution in [3.63, 3.8) is 0 Å². The third-order valence-electron chi connectivity index (χ3n) is 3.12. The van der Waals surface area contributed by atoms with Crippen LogP contribution in [0.1, 0.15) is 18.9 Å². The molecule has 1 aliphatic rings. The molecule has 3 heteroatoms. The first kappa shape index (κ1) is 11.1. The van der Waals surface area contributed by atoms with Gasteiger partial charge in [-0.25, -0.2) is 0 Å². The van der Waals surface area contributed by atoms with Gasteiger partial charge in [0.2, 0.25) is 5.91 Å². The van der Waals surface area contributed by atoms with Crippen LogP contribution in [0, 0.1) is 5.92 Å². The largest absolute Gasteiger partial charge is 0.392 e. The molecular weight excluding hydrogens is 202 g/mol. The van der Waals surface area contributed by atoms with Crippen molar-refractivity contribution in [2.75, 3.05) is 6.54 Å². The van der Waals surface area contributed by atoms with Gasteiger partial charge in [0, 0.05) is 19.0 Å². The number of nitrogens with zero attached hydrogens (tertiary/aromatic N) is 1. The maximum absolute atomic E-state index is 11.7. The number of carbonyl (C=O) groups is 1. The number of amides is 1. The van der Waals surface area contributed by atoms with Crippen LogP contribution in [0.25, 0.3) is 0 Å². The Hall–Kier alpha value is -1.35. The molecule has 1 heterocycles. The Bertz CT molecular complexity index is 363. The van der Waals surface area contributed by atoms with Gasteiger partial charge >= 0.3 is 0 Å². The van der Waals surface area contributed by atoms with Gasteiger partial charge in [-0.15, -0.1) is 0 Å². The number of carbonyl (C=O) groups excluding carboxylic acids is 1. The summed E-state index contributed by atoms with van der Waals surface area (Å²) in [5.41, 5.74) is 1.14. The standard InChI is InChI=1S/C13H17NO2/c1-10-8-14(13(16)7-12(10)15)9-11-5-3-2-4-6-11/h2-6,10,12,15H,7-9H2,1H3/t10-,12-/m0/s1. The van der Waals surface area contributed by atoms with Gasteiger partial charge in [-0.1, -0.05) is 37.3 Å². The quantitative estimate of drug-likeness (QED) is 0.817. The van der Waals surface area contributed by atoms with Gasteiger partial charge in [0.15, 0.2) is 0 Å². The summed E-state index contributed by atoms with van der Waals surface area (Å²) in [6.07, 6.45) is -0.215. The Kier molecular flexibility index (Phi) is 3.25. The van der Waals surface area contributed by atoms with E-state index < -0.39 is 6.10 Å². The van der Waals surface area contributed by atoms with E-state index in [0.717, 1.165) is 5.56 Å². The molecule has 1 fully saturated rings. The van der Waals surface area contributed by atoms with Crippen molar-refractivity contribution in [2.45, 2.75) is 26.0 Å². The summed E-state index contributed by atoms with van der Waals surface area (Å²) in [6.45, 7) is 3.28. The highest BCUT2D eigenvalue weighted by Gasteiger charge is 2.29. The first-order valence-electron chi connectivity index (χ1n) is 5.66. The van der Waals surface area contributed by atoms with Crippen molar-refractivity contribution in [3.05, 3.63) is 35.9 Å². The van der Waals surface area contributed by atoms with Crippen molar-refractivity contribution in [3.8, 4) is 0 Å². The SMILES string of the molecule is C[C@H]1CN(Cc2ccccc2)C(=O)C[C@@H]1O. The normalized spacial score (nSPS) is 25.9. The summed E-state index contributed by atoms with van der Waals surface area (Å²) < 4.78 is 0. The topological polar surface area (TPSA) is 40.5 Å². The zero-order chi connectivity index (χ0) is 11.5. The molecule has 1 aromatic rings. The van der Waals surface area contributed by atoms with Crippen molar-refractivity contribution < 1.29 is 9.90 Å². The predicted octanol–water partition coefficient (Wildman–Crippen LogP) is 1.42. The fourth-order valence-corrected chi connectivity index (χ4v) is 2.04. The van der Waals surface area contributed by atoms with E-state index in [-0.39, 0.29) is 18.2 Å². The van der Waals surface area contributed by atoms with E-state index in [0.29, 0.717) is 13.1 Å². The highest BCUT2D eigenvalue weighted by Crippen LogP contribution is 2.19. The molecule has 0 aliphatic carbocycles. The van der Waals surface area contributed by atoms with Gasteiger partial charge in [-0.05, 0) is 5.56 Å². The van der Waals surface area contributed by atoms with Crippen LogP contribution in [-0.2, 0) is 11.3 Å². The minimum Gasteiger partial charge on any atom is -0.392 e. The van der Waals surface area contributed by atoms with Crippen LogP contribution in [-0.4, -0.2) is 28.6 Å². The molecule has 16 heavy (non-hydrogen) atoms. The van der Waals surface area contributed by atoms with E-state index in [1.807, 2.05) is 42.2 Å². The second-order valence-electron chi connectivity index (χ2n) is 4.51.